The maximum absolute atomic E-state index is 10.8. The number of carbonyl (C=O) groups is 1. The summed E-state index contributed by atoms with van der Waals surface area (Å²) in [5, 5.41) is 11.1. The van der Waals surface area contributed by atoms with E-state index in [9.17, 15) is 4.79 Å². The van der Waals surface area contributed by atoms with E-state index < -0.39 is 6.61 Å². The maximum atomic E-state index is 10.8. The highest BCUT2D eigenvalue weighted by atomic mass is 16.3. The number of benzene rings is 1. The first-order chi connectivity index (χ1) is 7.13. The molecule has 0 aliphatic heterocycles. The monoisotopic (exact) mass is 207 g/mol. The van der Waals surface area contributed by atoms with Crippen LogP contribution in [0.4, 0.5) is 0 Å². The predicted octanol–water partition coefficient (Wildman–Crippen LogP) is 0.954. The van der Waals surface area contributed by atoms with Gasteiger partial charge < -0.3 is 10.4 Å². The van der Waals surface area contributed by atoms with Gasteiger partial charge in [0.1, 0.15) is 6.61 Å². The number of nitrogens with one attached hydrogen (secondary N) is 1. The predicted molar refractivity (Wildman–Crippen MR) is 59.7 cm³/mol. The summed E-state index contributed by atoms with van der Waals surface area (Å²) in [6.45, 7) is 4.28. The standard InChI is InChI=1S/C12H17NO2/c1-9-3-4-11(7-10(9)2)5-6-13-12(15)8-14/h3-4,7,14H,5-6,8H2,1-2H3,(H,13,15). The molecule has 2 N–H and O–H groups in total. The first-order valence-electron chi connectivity index (χ1n) is 5.07. The van der Waals surface area contributed by atoms with Gasteiger partial charge in [0.15, 0.2) is 0 Å². The van der Waals surface area contributed by atoms with Gasteiger partial charge in [0.2, 0.25) is 5.91 Å². The second kappa shape index (κ2) is 5.51. The minimum absolute atomic E-state index is 0.321. The Balaban J connectivity index is 2.44. The van der Waals surface area contributed by atoms with Crippen LogP contribution in [0.2, 0.25) is 0 Å². The molecule has 0 fully saturated rings. The normalized spacial score (nSPS) is 10.1. The van der Waals surface area contributed by atoms with Gasteiger partial charge >= 0.3 is 0 Å². The molecule has 1 rings (SSSR count). The highest BCUT2D eigenvalue weighted by Gasteiger charge is 1.99. The van der Waals surface area contributed by atoms with Crippen molar-refractivity contribution in [2.24, 2.45) is 0 Å². The van der Waals surface area contributed by atoms with Crippen LogP contribution in [-0.4, -0.2) is 24.2 Å². The Kier molecular flexibility index (Phi) is 4.31. The van der Waals surface area contributed by atoms with Gasteiger partial charge in [-0.25, -0.2) is 0 Å². The molecule has 0 saturated carbocycles. The lowest BCUT2D eigenvalue weighted by atomic mass is 10.0. The van der Waals surface area contributed by atoms with Gasteiger partial charge in [-0.2, -0.15) is 0 Å². The van der Waals surface area contributed by atoms with Crippen LogP contribution in [-0.2, 0) is 11.2 Å². The van der Waals surface area contributed by atoms with E-state index in [-0.39, 0.29) is 5.91 Å². The molecule has 0 unspecified atom stereocenters. The number of aliphatic hydroxyl groups excluding tert-OH is 1. The SMILES string of the molecule is Cc1ccc(CCNC(=O)CO)cc1C. The van der Waals surface area contributed by atoms with Gasteiger partial charge in [0, 0.05) is 6.54 Å². The van der Waals surface area contributed by atoms with Crippen molar-refractivity contribution < 1.29 is 9.90 Å². The molecule has 0 aromatic heterocycles. The van der Waals surface area contributed by atoms with Crippen LogP contribution in [0.25, 0.3) is 0 Å². The second-order valence-electron chi connectivity index (χ2n) is 3.68. The summed E-state index contributed by atoms with van der Waals surface area (Å²) in [5.74, 6) is -0.321. The van der Waals surface area contributed by atoms with Crippen LogP contribution in [0.1, 0.15) is 16.7 Å². The fraction of sp³-hybridized carbons (Fsp3) is 0.417. The molecule has 3 nitrogen and oxygen atoms in total. The molecule has 1 aromatic rings. The van der Waals surface area contributed by atoms with Crippen molar-refractivity contribution in [2.45, 2.75) is 20.3 Å². The van der Waals surface area contributed by atoms with Crippen LogP contribution in [0, 0.1) is 13.8 Å². The number of hydrogen-bond acceptors (Lipinski definition) is 2. The highest BCUT2D eigenvalue weighted by Crippen LogP contribution is 2.09. The zero-order valence-electron chi connectivity index (χ0n) is 9.21. The third-order valence-electron chi connectivity index (χ3n) is 2.45. The number of aryl methyl sites for hydroxylation is 2. The van der Waals surface area contributed by atoms with Crippen molar-refractivity contribution >= 4 is 5.91 Å². The number of amides is 1. The molecule has 0 aliphatic rings. The molecular formula is C12H17NO2. The molecule has 15 heavy (non-hydrogen) atoms. The van der Waals surface area contributed by atoms with Crippen molar-refractivity contribution in [2.75, 3.05) is 13.2 Å². The molecule has 0 spiro atoms. The van der Waals surface area contributed by atoms with Gasteiger partial charge in [-0.15, -0.1) is 0 Å². The quantitative estimate of drug-likeness (QED) is 0.772. The van der Waals surface area contributed by atoms with E-state index in [1.54, 1.807) is 0 Å². The van der Waals surface area contributed by atoms with Gasteiger partial charge in [0.25, 0.3) is 0 Å². The molecule has 0 radical (unpaired) electrons. The van der Waals surface area contributed by atoms with Crippen LogP contribution in [0.3, 0.4) is 0 Å². The second-order valence-corrected chi connectivity index (χ2v) is 3.68. The Morgan fingerprint density at radius 3 is 2.67 bits per heavy atom. The summed E-state index contributed by atoms with van der Waals surface area (Å²) in [6.07, 6.45) is 0.798. The van der Waals surface area contributed by atoms with E-state index in [1.165, 1.54) is 16.7 Å². The smallest absolute Gasteiger partial charge is 0.245 e. The van der Waals surface area contributed by atoms with Crippen molar-refractivity contribution in [1.82, 2.24) is 5.32 Å². The molecule has 82 valence electrons. The zero-order valence-corrected chi connectivity index (χ0v) is 9.21. The van der Waals surface area contributed by atoms with Crippen molar-refractivity contribution in [1.29, 1.82) is 0 Å². The zero-order chi connectivity index (χ0) is 11.3. The molecule has 1 aromatic carbocycles. The fourth-order valence-electron chi connectivity index (χ4n) is 1.36. The van der Waals surface area contributed by atoms with Crippen LogP contribution >= 0.6 is 0 Å². The van der Waals surface area contributed by atoms with Crippen LogP contribution < -0.4 is 5.32 Å². The molecule has 0 saturated heterocycles. The maximum Gasteiger partial charge on any atom is 0.245 e. The Morgan fingerprint density at radius 2 is 2.07 bits per heavy atom. The topological polar surface area (TPSA) is 49.3 Å². The lowest BCUT2D eigenvalue weighted by molar-refractivity contribution is -0.123. The largest absolute Gasteiger partial charge is 0.387 e. The molecular weight excluding hydrogens is 190 g/mol. The minimum Gasteiger partial charge on any atom is -0.387 e. The summed E-state index contributed by atoms with van der Waals surface area (Å²) < 4.78 is 0. The summed E-state index contributed by atoms with van der Waals surface area (Å²) >= 11 is 0. The van der Waals surface area contributed by atoms with E-state index in [0.717, 1.165) is 6.42 Å². The Hall–Kier alpha value is -1.35. The number of hydrogen-bond donors (Lipinski definition) is 2. The summed E-state index contributed by atoms with van der Waals surface area (Å²) in [6, 6.07) is 6.27. The van der Waals surface area contributed by atoms with E-state index >= 15 is 0 Å². The minimum atomic E-state index is -0.438. The Bertz CT molecular complexity index is 347. The lowest BCUT2D eigenvalue weighted by Gasteiger charge is -2.06. The van der Waals surface area contributed by atoms with Crippen molar-refractivity contribution in [3.05, 3.63) is 34.9 Å². The summed E-state index contributed by atoms with van der Waals surface area (Å²) in [7, 11) is 0. The molecule has 0 atom stereocenters. The first kappa shape index (κ1) is 11.7. The molecule has 0 heterocycles. The van der Waals surface area contributed by atoms with E-state index in [4.69, 9.17) is 5.11 Å². The third kappa shape index (κ3) is 3.72. The van der Waals surface area contributed by atoms with E-state index in [0.29, 0.717) is 6.54 Å². The highest BCUT2D eigenvalue weighted by molar-refractivity contribution is 5.76. The average Bonchev–Trinajstić information content (AvgIpc) is 2.23. The van der Waals surface area contributed by atoms with Crippen molar-refractivity contribution in [3.8, 4) is 0 Å². The van der Waals surface area contributed by atoms with Gasteiger partial charge in [0.05, 0.1) is 0 Å². The van der Waals surface area contributed by atoms with E-state index in [2.05, 4.69) is 37.4 Å². The summed E-state index contributed by atoms with van der Waals surface area (Å²) in [5.41, 5.74) is 3.75. The average molecular weight is 207 g/mol. The fourth-order valence-corrected chi connectivity index (χ4v) is 1.36. The van der Waals surface area contributed by atoms with Crippen molar-refractivity contribution in [3.63, 3.8) is 0 Å². The summed E-state index contributed by atoms with van der Waals surface area (Å²) in [4.78, 5) is 10.8. The van der Waals surface area contributed by atoms with Crippen LogP contribution in [0.15, 0.2) is 18.2 Å². The first-order valence-corrected chi connectivity index (χ1v) is 5.07. The van der Waals surface area contributed by atoms with Gasteiger partial charge in [-0.05, 0) is 37.0 Å². The molecule has 1 amide bonds. The van der Waals surface area contributed by atoms with Gasteiger partial charge in [-0.1, -0.05) is 18.2 Å². The van der Waals surface area contributed by atoms with E-state index in [1.807, 2.05) is 0 Å². The molecule has 0 aliphatic carbocycles. The Labute approximate surface area is 90.1 Å². The van der Waals surface area contributed by atoms with Gasteiger partial charge in [-0.3, -0.25) is 4.79 Å². The van der Waals surface area contributed by atoms with Crippen LogP contribution in [0.5, 0.6) is 0 Å². The number of rotatable bonds is 4. The molecule has 0 bridgehead atoms. The lowest BCUT2D eigenvalue weighted by Crippen LogP contribution is -2.28. The third-order valence-corrected chi connectivity index (χ3v) is 2.45. The Morgan fingerprint density at radius 1 is 1.33 bits per heavy atom. The number of aliphatic hydroxyl groups is 1. The number of carbonyl (C=O) groups excluding carboxylic acids is 1. The molecule has 3 heteroatoms.